The van der Waals surface area contributed by atoms with Gasteiger partial charge in [-0.3, -0.25) is 4.79 Å². The molecule has 27 heavy (non-hydrogen) atoms. The first-order chi connectivity index (χ1) is 12.8. The first kappa shape index (κ1) is 18.9. The molecule has 4 bridgehead atoms. The van der Waals surface area contributed by atoms with Crippen molar-refractivity contribution in [3.05, 3.63) is 29.8 Å². The summed E-state index contributed by atoms with van der Waals surface area (Å²) in [7, 11) is -3.52. The first-order valence-corrected chi connectivity index (χ1v) is 11.6. The summed E-state index contributed by atoms with van der Waals surface area (Å²) in [6, 6.07) is 6.76. The number of amides is 1. The van der Waals surface area contributed by atoms with Gasteiger partial charge in [0.1, 0.15) is 0 Å². The second-order valence-electron chi connectivity index (χ2n) is 9.16. The van der Waals surface area contributed by atoms with Crippen LogP contribution in [0.4, 0.5) is 0 Å². The molecule has 5 nitrogen and oxygen atoms in total. The molecule has 0 spiro atoms. The van der Waals surface area contributed by atoms with Gasteiger partial charge in [0.05, 0.1) is 4.90 Å². The van der Waals surface area contributed by atoms with Crippen LogP contribution in [0.25, 0.3) is 0 Å². The van der Waals surface area contributed by atoms with Gasteiger partial charge in [-0.15, -0.1) is 0 Å². The predicted octanol–water partition coefficient (Wildman–Crippen LogP) is 3.00. The minimum absolute atomic E-state index is 0.0754. The molecule has 4 aliphatic rings. The van der Waals surface area contributed by atoms with Crippen LogP contribution in [-0.2, 0) is 14.8 Å². The smallest absolute Gasteiger partial charge is 0.240 e. The minimum atomic E-state index is -3.52. The highest BCUT2D eigenvalue weighted by Gasteiger charge is 2.51. The number of rotatable bonds is 7. The van der Waals surface area contributed by atoms with Crippen molar-refractivity contribution in [2.45, 2.75) is 56.8 Å². The van der Waals surface area contributed by atoms with Crippen LogP contribution in [0.15, 0.2) is 29.2 Å². The van der Waals surface area contributed by atoms with E-state index in [1.807, 2.05) is 6.92 Å². The van der Waals surface area contributed by atoms with Crippen molar-refractivity contribution in [3.63, 3.8) is 0 Å². The molecule has 0 radical (unpaired) electrons. The van der Waals surface area contributed by atoms with Crippen LogP contribution in [0.2, 0.25) is 0 Å². The molecule has 0 heterocycles. The van der Waals surface area contributed by atoms with Crippen molar-refractivity contribution >= 4 is 15.9 Å². The molecule has 0 aliphatic heterocycles. The van der Waals surface area contributed by atoms with E-state index in [-0.39, 0.29) is 22.8 Å². The van der Waals surface area contributed by atoms with E-state index in [1.165, 1.54) is 38.5 Å². The van der Waals surface area contributed by atoms with Crippen molar-refractivity contribution in [1.29, 1.82) is 0 Å². The zero-order valence-electron chi connectivity index (χ0n) is 16.0. The molecule has 148 valence electrons. The van der Waals surface area contributed by atoms with E-state index in [9.17, 15) is 13.2 Å². The van der Waals surface area contributed by atoms with Crippen LogP contribution < -0.4 is 10.0 Å². The maximum Gasteiger partial charge on any atom is 0.240 e. The Balaban J connectivity index is 1.24. The molecule has 0 atom stereocenters. The van der Waals surface area contributed by atoms with Crippen molar-refractivity contribution in [3.8, 4) is 0 Å². The first-order valence-electron chi connectivity index (χ1n) is 10.2. The summed E-state index contributed by atoms with van der Waals surface area (Å²) in [5, 5.41) is 2.92. The molecule has 0 unspecified atom stereocenters. The average Bonchev–Trinajstić information content (AvgIpc) is 2.57. The maximum absolute atomic E-state index is 12.5. The SMILES string of the molecule is Cc1ccc(S(=O)(=O)NCCNC(=O)CC23CC4CC(CC(C4)C2)C3)cc1. The van der Waals surface area contributed by atoms with Crippen molar-refractivity contribution < 1.29 is 13.2 Å². The van der Waals surface area contributed by atoms with Crippen molar-refractivity contribution in [1.82, 2.24) is 10.0 Å². The molecule has 6 heteroatoms. The summed E-state index contributed by atoms with van der Waals surface area (Å²) < 4.78 is 27.1. The van der Waals surface area contributed by atoms with Gasteiger partial charge in [-0.2, -0.15) is 0 Å². The Morgan fingerprint density at radius 2 is 1.56 bits per heavy atom. The molecule has 1 aromatic carbocycles. The van der Waals surface area contributed by atoms with Crippen LogP contribution in [-0.4, -0.2) is 27.4 Å². The number of benzene rings is 1. The predicted molar refractivity (Wildman–Crippen MR) is 105 cm³/mol. The summed E-state index contributed by atoms with van der Waals surface area (Å²) in [5.74, 6) is 2.59. The standard InChI is InChI=1S/C21H30N2O3S/c1-15-2-4-19(5-3-15)27(25,26)23-7-6-22-20(24)14-21-11-16-8-17(12-21)10-18(9-16)13-21/h2-5,16-18,23H,6-14H2,1H3,(H,22,24). The van der Waals surface area contributed by atoms with Crippen molar-refractivity contribution in [2.24, 2.45) is 23.2 Å². The van der Waals surface area contributed by atoms with E-state index in [2.05, 4.69) is 10.0 Å². The Hall–Kier alpha value is -1.40. The van der Waals surface area contributed by atoms with Gasteiger partial charge in [0.25, 0.3) is 0 Å². The quantitative estimate of drug-likeness (QED) is 0.703. The highest BCUT2D eigenvalue weighted by atomic mass is 32.2. The molecule has 0 saturated heterocycles. The van der Waals surface area contributed by atoms with Gasteiger partial charge in [-0.1, -0.05) is 17.7 Å². The third kappa shape index (κ3) is 4.21. The summed E-state index contributed by atoms with van der Waals surface area (Å²) in [6.07, 6.45) is 8.39. The van der Waals surface area contributed by atoms with E-state index < -0.39 is 10.0 Å². The van der Waals surface area contributed by atoms with Crippen LogP contribution >= 0.6 is 0 Å². The number of nitrogens with one attached hydrogen (secondary N) is 2. The molecule has 0 aromatic heterocycles. The third-order valence-corrected chi connectivity index (χ3v) is 8.25. The number of carbonyl (C=O) groups is 1. The Bertz CT molecular complexity index is 766. The lowest BCUT2D eigenvalue weighted by atomic mass is 9.49. The van der Waals surface area contributed by atoms with E-state index in [0.717, 1.165) is 23.3 Å². The highest BCUT2D eigenvalue weighted by molar-refractivity contribution is 7.89. The van der Waals surface area contributed by atoms with Crippen LogP contribution in [0, 0.1) is 30.1 Å². The van der Waals surface area contributed by atoms with E-state index >= 15 is 0 Å². The zero-order valence-corrected chi connectivity index (χ0v) is 16.9. The van der Waals surface area contributed by atoms with Gasteiger partial charge in [0.2, 0.25) is 15.9 Å². The Morgan fingerprint density at radius 3 is 2.11 bits per heavy atom. The molecule has 4 fully saturated rings. The third-order valence-electron chi connectivity index (χ3n) is 6.77. The fourth-order valence-electron chi connectivity index (χ4n) is 6.10. The largest absolute Gasteiger partial charge is 0.355 e. The molecular weight excluding hydrogens is 360 g/mol. The number of carbonyl (C=O) groups excluding carboxylic acids is 1. The highest BCUT2D eigenvalue weighted by Crippen LogP contribution is 2.61. The molecule has 4 saturated carbocycles. The lowest BCUT2D eigenvalue weighted by Gasteiger charge is -2.56. The maximum atomic E-state index is 12.5. The van der Waals surface area contributed by atoms with Gasteiger partial charge in [-0.25, -0.2) is 13.1 Å². The van der Waals surface area contributed by atoms with Crippen LogP contribution in [0.5, 0.6) is 0 Å². The average molecular weight is 391 g/mol. The number of hydrogen-bond acceptors (Lipinski definition) is 3. The fourth-order valence-corrected chi connectivity index (χ4v) is 7.13. The lowest BCUT2D eigenvalue weighted by Crippen LogP contribution is -2.48. The lowest BCUT2D eigenvalue weighted by molar-refractivity contribution is -0.129. The molecule has 1 amide bonds. The van der Waals surface area contributed by atoms with Gasteiger partial charge < -0.3 is 5.32 Å². The monoisotopic (exact) mass is 390 g/mol. The van der Waals surface area contributed by atoms with Crippen LogP contribution in [0.1, 0.15) is 50.5 Å². The second kappa shape index (κ2) is 7.21. The minimum Gasteiger partial charge on any atom is -0.355 e. The number of hydrogen-bond donors (Lipinski definition) is 2. The molecular formula is C21H30N2O3S. The van der Waals surface area contributed by atoms with Gasteiger partial charge >= 0.3 is 0 Å². The second-order valence-corrected chi connectivity index (χ2v) is 10.9. The van der Waals surface area contributed by atoms with E-state index in [1.54, 1.807) is 24.3 Å². The van der Waals surface area contributed by atoms with Gasteiger partial charge in [-0.05, 0) is 80.8 Å². The number of sulfonamides is 1. The van der Waals surface area contributed by atoms with E-state index in [0.29, 0.717) is 13.0 Å². The van der Waals surface area contributed by atoms with E-state index in [4.69, 9.17) is 0 Å². The Kier molecular flexibility index (Phi) is 5.06. The van der Waals surface area contributed by atoms with Crippen molar-refractivity contribution in [2.75, 3.05) is 13.1 Å². The summed E-state index contributed by atoms with van der Waals surface area (Å²) >= 11 is 0. The molecule has 5 rings (SSSR count). The number of aryl methyl sites for hydroxylation is 1. The molecule has 2 N–H and O–H groups in total. The van der Waals surface area contributed by atoms with Gasteiger partial charge in [0, 0.05) is 19.5 Å². The molecule has 1 aromatic rings. The summed E-state index contributed by atoms with van der Waals surface area (Å²) in [4.78, 5) is 12.7. The Morgan fingerprint density at radius 1 is 1.00 bits per heavy atom. The topological polar surface area (TPSA) is 75.3 Å². The van der Waals surface area contributed by atoms with Gasteiger partial charge in [0.15, 0.2) is 0 Å². The zero-order chi connectivity index (χ0) is 19.1. The molecule has 4 aliphatic carbocycles. The normalized spacial score (nSPS) is 31.8. The summed E-state index contributed by atoms with van der Waals surface area (Å²) in [5.41, 5.74) is 1.24. The Labute approximate surface area is 162 Å². The fraction of sp³-hybridized carbons (Fsp3) is 0.667. The summed E-state index contributed by atoms with van der Waals surface area (Å²) in [6.45, 7) is 2.46. The van der Waals surface area contributed by atoms with Crippen LogP contribution in [0.3, 0.4) is 0 Å².